The van der Waals surface area contributed by atoms with Crippen molar-refractivity contribution in [2.45, 2.75) is 31.6 Å². The van der Waals surface area contributed by atoms with Gasteiger partial charge in [-0.15, -0.1) is 0 Å². The fourth-order valence-corrected chi connectivity index (χ4v) is 5.70. The molecule has 0 bridgehead atoms. The smallest absolute Gasteiger partial charge is 0.310 e. The molecule has 0 radical (unpaired) electrons. The third-order valence-corrected chi connectivity index (χ3v) is 7.76. The largest absolute Gasteiger partial charge is 0.495 e. The SMILES string of the molecule is CCOC(=O)[C@@H]1CCCN(CC(=O)Nc2cc(S(=O)(=O)N(CC)c3ccccc3)ccc2OC)C1. The zero-order chi connectivity index (χ0) is 25.4. The van der Waals surface area contributed by atoms with Crippen molar-refractivity contribution < 1.29 is 27.5 Å². The normalized spacial score (nSPS) is 16.4. The van der Waals surface area contributed by atoms with E-state index in [-0.39, 0.29) is 41.5 Å². The second-order valence-corrected chi connectivity index (χ2v) is 10.1. The summed E-state index contributed by atoms with van der Waals surface area (Å²) >= 11 is 0. The van der Waals surface area contributed by atoms with Crippen LogP contribution in [0, 0.1) is 5.92 Å². The van der Waals surface area contributed by atoms with Crippen LogP contribution in [0.2, 0.25) is 0 Å². The molecule has 1 atom stereocenters. The molecule has 1 heterocycles. The van der Waals surface area contributed by atoms with Gasteiger partial charge in [0.1, 0.15) is 5.75 Å². The number of hydrogen-bond donors (Lipinski definition) is 1. The van der Waals surface area contributed by atoms with Crippen LogP contribution in [0.25, 0.3) is 0 Å². The number of piperidine rings is 1. The lowest BCUT2D eigenvalue weighted by Crippen LogP contribution is -2.43. The van der Waals surface area contributed by atoms with E-state index < -0.39 is 10.0 Å². The van der Waals surface area contributed by atoms with E-state index in [0.29, 0.717) is 31.1 Å². The van der Waals surface area contributed by atoms with Gasteiger partial charge in [0.05, 0.1) is 42.4 Å². The molecule has 0 spiro atoms. The van der Waals surface area contributed by atoms with Gasteiger partial charge in [-0.1, -0.05) is 18.2 Å². The lowest BCUT2D eigenvalue weighted by molar-refractivity contribution is -0.150. The Morgan fingerprint density at radius 2 is 1.89 bits per heavy atom. The minimum absolute atomic E-state index is 0.0413. The lowest BCUT2D eigenvalue weighted by Gasteiger charge is -2.30. The first-order valence-corrected chi connectivity index (χ1v) is 13.2. The number of rotatable bonds is 10. The first-order valence-electron chi connectivity index (χ1n) is 11.7. The molecule has 1 fully saturated rings. The number of hydrogen-bond acceptors (Lipinski definition) is 7. The number of amides is 1. The van der Waals surface area contributed by atoms with Crippen LogP contribution < -0.4 is 14.4 Å². The second-order valence-electron chi connectivity index (χ2n) is 8.24. The molecule has 35 heavy (non-hydrogen) atoms. The van der Waals surface area contributed by atoms with Gasteiger partial charge in [-0.2, -0.15) is 0 Å². The van der Waals surface area contributed by atoms with Crippen molar-refractivity contribution in [3.63, 3.8) is 0 Å². The minimum atomic E-state index is -3.87. The van der Waals surface area contributed by atoms with Gasteiger partial charge in [0.25, 0.3) is 10.0 Å². The Labute approximate surface area is 207 Å². The molecular formula is C25H33N3O6S. The lowest BCUT2D eigenvalue weighted by atomic mass is 9.98. The van der Waals surface area contributed by atoms with Gasteiger partial charge < -0.3 is 14.8 Å². The number of carbonyl (C=O) groups is 2. The number of ether oxygens (including phenoxy) is 2. The van der Waals surface area contributed by atoms with E-state index >= 15 is 0 Å². The molecule has 0 aromatic heterocycles. The number of anilines is 2. The Balaban J connectivity index is 1.76. The number of likely N-dealkylation sites (tertiary alicyclic amines) is 1. The summed E-state index contributed by atoms with van der Waals surface area (Å²) in [6.45, 7) is 5.32. The fraction of sp³-hybridized carbons (Fsp3) is 0.440. The summed E-state index contributed by atoms with van der Waals surface area (Å²) in [5.74, 6) is -0.463. The van der Waals surface area contributed by atoms with Crippen LogP contribution in [0.3, 0.4) is 0 Å². The van der Waals surface area contributed by atoms with Gasteiger partial charge >= 0.3 is 5.97 Å². The van der Waals surface area contributed by atoms with Crippen molar-refractivity contribution in [2.24, 2.45) is 5.92 Å². The summed E-state index contributed by atoms with van der Waals surface area (Å²) in [6.07, 6.45) is 1.53. The van der Waals surface area contributed by atoms with Gasteiger partial charge in [-0.05, 0) is 63.6 Å². The highest BCUT2D eigenvalue weighted by Gasteiger charge is 2.28. The summed E-state index contributed by atoms with van der Waals surface area (Å²) in [5.41, 5.74) is 0.819. The Hall–Kier alpha value is -3.11. The fourth-order valence-electron chi connectivity index (χ4n) is 4.20. The Morgan fingerprint density at radius 1 is 1.14 bits per heavy atom. The molecule has 3 rings (SSSR count). The van der Waals surface area contributed by atoms with E-state index in [1.807, 2.05) is 11.0 Å². The highest BCUT2D eigenvalue weighted by atomic mass is 32.2. The molecule has 1 N–H and O–H groups in total. The molecule has 1 aliphatic heterocycles. The number of nitrogens with one attached hydrogen (secondary N) is 1. The number of esters is 1. The molecular weight excluding hydrogens is 470 g/mol. The van der Waals surface area contributed by atoms with E-state index in [1.54, 1.807) is 38.1 Å². The second kappa shape index (κ2) is 12.0. The average Bonchev–Trinajstić information content (AvgIpc) is 2.85. The molecule has 10 heteroatoms. The molecule has 1 amide bonds. The maximum Gasteiger partial charge on any atom is 0.310 e. The van der Waals surface area contributed by atoms with Gasteiger partial charge in [0, 0.05) is 13.1 Å². The third kappa shape index (κ3) is 6.52. The molecule has 0 saturated carbocycles. The predicted octanol–water partition coefficient (Wildman–Crippen LogP) is 3.12. The Morgan fingerprint density at radius 3 is 2.54 bits per heavy atom. The Kier molecular flexibility index (Phi) is 9.11. The molecule has 9 nitrogen and oxygen atoms in total. The number of sulfonamides is 1. The van der Waals surface area contributed by atoms with Crippen molar-refractivity contribution in [1.82, 2.24) is 4.90 Å². The number of para-hydroxylation sites is 1. The molecule has 0 aliphatic carbocycles. The van der Waals surface area contributed by atoms with Crippen LogP contribution in [0.5, 0.6) is 5.75 Å². The maximum atomic E-state index is 13.4. The summed E-state index contributed by atoms with van der Waals surface area (Å²) < 4.78 is 38.6. The van der Waals surface area contributed by atoms with Gasteiger partial charge in [0.15, 0.2) is 0 Å². The topological polar surface area (TPSA) is 105 Å². The maximum absolute atomic E-state index is 13.4. The summed E-state index contributed by atoms with van der Waals surface area (Å²) in [6, 6.07) is 13.2. The van der Waals surface area contributed by atoms with E-state index in [4.69, 9.17) is 9.47 Å². The van der Waals surface area contributed by atoms with Gasteiger partial charge in [0.2, 0.25) is 5.91 Å². The minimum Gasteiger partial charge on any atom is -0.495 e. The van der Waals surface area contributed by atoms with Crippen molar-refractivity contribution in [3.05, 3.63) is 48.5 Å². The van der Waals surface area contributed by atoms with Gasteiger partial charge in [-0.25, -0.2) is 8.42 Å². The molecule has 1 aliphatic rings. The molecule has 190 valence electrons. The van der Waals surface area contributed by atoms with E-state index in [0.717, 1.165) is 12.8 Å². The van der Waals surface area contributed by atoms with E-state index in [2.05, 4.69) is 5.32 Å². The quantitative estimate of drug-likeness (QED) is 0.497. The van der Waals surface area contributed by atoms with Crippen LogP contribution in [0.4, 0.5) is 11.4 Å². The molecule has 1 saturated heterocycles. The summed E-state index contributed by atoms with van der Waals surface area (Å²) in [7, 11) is -2.42. The molecule has 0 unspecified atom stereocenters. The zero-order valence-corrected chi connectivity index (χ0v) is 21.2. The van der Waals surface area contributed by atoms with Crippen LogP contribution in [-0.4, -0.2) is 65.1 Å². The first-order chi connectivity index (χ1) is 16.8. The first kappa shape index (κ1) is 26.5. The van der Waals surface area contributed by atoms with Crippen LogP contribution in [-0.2, 0) is 24.3 Å². The van der Waals surface area contributed by atoms with E-state index in [1.165, 1.54) is 29.6 Å². The predicted molar refractivity (Wildman–Crippen MR) is 134 cm³/mol. The summed E-state index contributed by atoms with van der Waals surface area (Å²) in [5, 5.41) is 2.78. The van der Waals surface area contributed by atoms with Gasteiger partial charge in [-0.3, -0.25) is 18.8 Å². The van der Waals surface area contributed by atoms with E-state index in [9.17, 15) is 18.0 Å². The molecule has 2 aromatic carbocycles. The standard InChI is InChI=1S/C25H33N3O6S/c1-4-28(20-11-7-6-8-12-20)35(31,32)21-13-14-23(33-3)22(16-21)26-24(29)18-27-15-9-10-19(17-27)25(30)34-5-2/h6-8,11-14,16,19H,4-5,9-10,15,17-18H2,1-3H3,(H,26,29)/t19-/m1/s1. The number of nitrogens with zero attached hydrogens (tertiary/aromatic N) is 2. The zero-order valence-electron chi connectivity index (χ0n) is 20.4. The van der Waals surface area contributed by atoms with Crippen LogP contribution in [0.1, 0.15) is 26.7 Å². The van der Waals surface area contributed by atoms with Crippen molar-refractivity contribution in [1.29, 1.82) is 0 Å². The average molecular weight is 504 g/mol. The number of carbonyl (C=O) groups excluding carboxylic acids is 2. The van der Waals surface area contributed by atoms with Crippen molar-refractivity contribution in [3.8, 4) is 5.75 Å². The van der Waals surface area contributed by atoms with Crippen LogP contribution >= 0.6 is 0 Å². The highest BCUT2D eigenvalue weighted by Crippen LogP contribution is 2.31. The third-order valence-electron chi connectivity index (χ3n) is 5.86. The molecule has 2 aromatic rings. The van der Waals surface area contributed by atoms with Crippen molar-refractivity contribution >= 4 is 33.3 Å². The monoisotopic (exact) mass is 503 g/mol. The van der Waals surface area contributed by atoms with Crippen LogP contribution in [0.15, 0.2) is 53.4 Å². The summed E-state index contributed by atoms with van der Waals surface area (Å²) in [4.78, 5) is 26.9. The highest BCUT2D eigenvalue weighted by molar-refractivity contribution is 7.92. The number of methoxy groups -OCH3 is 1. The van der Waals surface area contributed by atoms with Crippen molar-refractivity contribution in [2.75, 3.05) is 49.5 Å². The Bertz CT molecular complexity index is 1120. The number of benzene rings is 2.